The predicted octanol–water partition coefficient (Wildman–Crippen LogP) is 3.60. The summed E-state index contributed by atoms with van der Waals surface area (Å²) in [6, 6.07) is 8.23. The fourth-order valence-corrected chi connectivity index (χ4v) is 2.48. The Bertz CT molecular complexity index is 734. The van der Waals surface area contributed by atoms with E-state index in [9.17, 15) is 18.7 Å². The smallest absolute Gasteiger partial charge is 0.224 e. The van der Waals surface area contributed by atoms with Gasteiger partial charge in [-0.05, 0) is 35.7 Å². The Morgan fingerprint density at radius 1 is 1.25 bits per heavy atom. The van der Waals surface area contributed by atoms with Crippen molar-refractivity contribution in [1.82, 2.24) is 0 Å². The van der Waals surface area contributed by atoms with Crippen LogP contribution in [0.15, 0.2) is 36.4 Å². The first-order chi connectivity index (χ1) is 11.4. The molecule has 1 unspecified atom stereocenters. The zero-order chi connectivity index (χ0) is 17.7. The van der Waals surface area contributed by atoms with Crippen LogP contribution < -0.4 is 10.1 Å². The Morgan fingerprint density at radius 3 is 2.62 bits per heavy atom. The zero-order valence-electron chi connectivity index (χ0n) is 13.5. The normalized spacial score (nSPS) is 11.9. The third-order valence-corrected chi connectivity index (χ3v) is 3.72. The summed E-state index contributed by atoms with van der Waals surface area (Å²) in [4.78, 5) is 12.1. The van der Waals surface area contributed by atoms with Crippen LogP contribution in [0.5, 0.6) is 5.75 Å². The van der Waals surface area contributed by atoms with Gasteiger partial charge in [-0.15, -0.1) is 0 Å². The van der Waals surface area contributed by atoms with E-state index in [4.69, 9.17) is 4.74 Å². The molecule has 2 N–H and O–H groups in total. The molecule has 0 aromatic heterocycles. The van der Waals surface area contributed by atoms with E-state index >= 15 is 0 Å². The summed E-state index contributed by atoms with van der Waals surface area (Å²) in [5, 5.41) is 12.0. The maximum Gasteiger partial charge on any atom is 0.224 e. The van der Waals surface area contributed by atoms with Gasteiger partial charge in [-0.1, -0.05) is 13.0 Å². The average molecular weight is 335 g/mol. The Morgan fingerprint density at radius 2 is 2.00 bits per heavy atom. The second-order valence-electron chi connectivity index (χ2n) is 5.50. The average Bonchev–Trinajstić information content (AvgIpc) is 2.54. The molecule has 0 bridgehead atoms. The number of ether oxygens (including phenoxy) is 1. The molecule has 0 saturated carbocycles. The molecule has 2 aromatic rings. The lowest BCUT2D eigenvalue weighted by molar-refractivity contribution is -0.116. The van der Waals surface area contributed by atoms with Crippen molar-refractivity contribution in [2.24, 2.45) is 0 Å². The quantitative estimate of drug-likeness (QED) is 0.848. The highest BCUT2D eigenvalue weighted by Gasteiger charge is 2.16. The molecule has 1 atom stereocenters. The number of aliphatic hydroxyl groups is 1. The van der Waals surface area contributed by atoms with Crippen LogP contribution in [-0.4, -0.2) is 18.1 Å². The van der Waals surface area contributed by atoms with Crippen molar-refractivity contribution in [3.05, 3.63) is 59.2 Å². The van der Waals surface area contributed by atoms with E-state index in [1.54, 1.807) is 25.1 Å². The lowest BCUT2D eigenvalue weighted by atomic mass is 9.97. The second kappa shape index (κ2) is 7.88. The topological polar surface area (TPSA) is 58.6 Å². The van der Waals surface area contributed by atoms with E-state index in [0.717, 1.165) is 6.07 Å². The van der Waals surface area contributed by atoms with Crippen molar-refractivity contribution >= 4 is 11.6 Å². The highest BCUT2D eigenvalue weighted by Crippen LogP contribution is 2.25. The van der Waals surface area contributed by atoms with Crippen LogP contribution in [0.3, 0.4) is 0 Å². The van der Waals surface area contributed by atoms with Crippen LogP contribution in [0, 0.1) is 11.6 Å². The summed E-state index contributed by atoms with van der Waals surface area (Å²) >= 11 is 0. The number of amides is 1. The minimum Gasteiger partial charge on any atom is -0.496 e. The van der Waals surface area contributed by atoms with E-state index in [1.807, 2.05) is 0 Å². The molecule has 0 fully saturated rings. The molecule has 24 heavy (non-hydrogen) atoms. The Labute approximate surface area is 139 Å². The third kappa shape index (κ3) is 4.29. The van der Waals surface area contributed by atoms with E-state index in [1.165, 1.54) is 19.2 Å². The SMILES string of the molecule is COc1ccc(NC(=O)CC(C)c2ccc(F)cc2F)cc1CO. The van der Waals surface area contributed by atoms with Gasteiger partial charge in [0.05, 0.1) is 13.7 Å². The maximum absolute atomic E-state index is 13.7. The molecular formula is C18H19F2NO3. The summed E-state index contributed by atoms with van der Waals surface area (Å²) in [5.74, 6) is -1.50. The first-order valence-corrected chi connectivity index (χ1v) is 7.47. The van der Waals surface area contributed by atoms with Crippen LogP contribution in [0.2, 0.25) is 0 Å². The van der Waals surface area contributed by atoms with E-state index < -0.39 is 17.6 Å². The number of aliphatic hydroxyl groups excluding tert-OH is 1. The minimum absolute atomic E-state index is 0.0447. The number of methoxy groups -OCH3 is 1. The van der Waals surface area contributed by atoms with E-state index in [-0.39, 0.29) is 24.5 Å². The van der Waals surface area contributed by atoms with Crippen molar-refractivity contribution in [2.45, 2.75) is 25.9 Å². The van der Waals surface area contributed by atoms with Crippen LogP contribution >= 0.6 is 0 Å². The molecule has 6 heteroatoms. The predicted molar refractivity (Wildman–Crippen MR) is 86.9 cm³/mol. The van der Waals surface area contributed by atoms with Gasteiger partial charge in [-0.25, -0.2) is 8.78 Å². The Hall–Kier alpha value is -2.47. The summed E-state index contributed by atoms with van der Waals surface area (Å²) in [5.41, 5.74) is 1.35. The molecule has 0 aliphatic rings. The van der Waals surface area contributed by atoms with Gasteiger partial charge < -0.3 is 15.2 Å². The monoisotopic (exact) mass is 335 g/mol. The standard InChI is InChI=1S/C18H19F2NO3/c1-11(15-5-3-13(19)9-16(15)20)7-18(23)21-14-4-6-17(24-2)12(8-14)10-22/h3-6,8-9,11,22H,7,10H2,1-2H3,(H,21,23). The molecule has 0 radical (unpaired) electrons. The Kier molecular flexibility index (Phi) is 5.87. The number of carbonyl (C=O) groups is 1. The molecule has 0 spiro atoms. The van der Waals surface area contributed by atoms with Gasteiger partial charge in [0.1, 0.15) is 17.4 Å². The number of halogens is 2. The van der Waals surface area contributed by atoms with Crippen molar-refractivity contribution in [3.8, 4) is 5.75 Å². The zero-order valence-corrected chi connectivity index (χ0v) is 13.5. The number of nitrogens with one attached hydrogen (secondary N) is 1. The molecule has 0 heterocycles. The van der Waals surface area contributed by atoms with Crippen molar-refractivity contribution in [2.75, 3.05) is 12.4 Å². The van der Waals surface area contributed by atoms with Gasteiger partial charge in [-0.2, -0.15) is 0 Å². The van der Waals surface area contributed by atoms with Gasteiger partial charge in [-0.3, -0.25) is 4.79 Å². The molecule has 4 nitrogen and oxygen atoms in total. The van der Waals surface area contributed by atoms with Crippen LogP contribution in [0.25, 0.3) is 0 Å². The lowest BCUT2D eigenvalue weighted by Crippen LogP contribution is -2.15. The first kappa shape index (κ1) is 17.9. The molecule has 0 aliphatic heterocycles. The van der Waals surface area contributed by atoms with Crippen molar-refractivity contribution in [1.29, 1.82) is 0 Å². The molecule has 0 aliphatic carbocycles. The van der Waals surface area contributed by atoms with Crippen LogP contribution in [-0.2, 0) is 11.4 Å². The fraction of sp³-hybridized carbons (Fsp3) is 0.278. The van der Waals surface area contributed by atoms with E-state index in [2.05, 4.69) is 5.32 Å². The summed E-state index contributed by atoms with van der Waals surface area (Å²) in [7, 11) is 1.49. The third-order valence-electron chi connectivity index (χ3n) is 3.72. The summed E-state index contributed by atoms with van der Waals surface area (Å²) in [6.07, 6.45) is 0.0447. The molecule has 2 rings (SSSR count). The molecule has 2 aromatic carbocycles. The van der Waals surface area contributed by atoms with E-state index in [0.29, 0.717) is 17.0 Å². The van der Waals surface area contributed by atoms with Crippen molar-refractivity contribution < 1.29 is 23.4 Å². The number of carbonyl (C=O) groups excluding carboxylic acids is 1. The number of anilines is 1. The molecule has 1 amide bonds. The van der Waals surface area contributed by atoms with Gasteiger partial charge in [0, 0.05) is 23.7 Å². The van der Waals surface area contributed by atoms with Crippen LogP contribution in [0.4, 0.5) is 14.5 Å². The number of hydrogen-bond donors (Lipinski definition) is 2. The van der Waals surface area contributed by atoms with Gasteiger partial charge in [0.25, 0.3) is 0 Å². The summed E-state index contributed by atoms with van der Waals surface area (Å²) in [6.45, 7) is 1.48. The Balaban J connectivity index is 2.05. The fourth-order valence-electron chi connectivity index (χ4n) is 2.48. The number of benzene rings is 2. The number of rotatable bonds is 6. The highest BCUT2D eigenvalue weighted by atomic mass is 19.1. The largest absolute Gasteiger partial charge is 0.496 e. The molecule has 0 saturated heterocycles. The van der Waals surface area contributed by atoms with Gasteiger partial charge in [0.2, 0.25) is 5.91 Å². The van der Waals surface area contributed by atoms with Crippen LogP contribution in [0.1, 0.15) is 30.4 Å². The highest BCUT2D eigenvalue weighted by molar-refractivity contribution is 5.91. The van der Waals surface area contributed by atoms with Gasteiger partial charge in [0.15, 0.2) is 0 Å². The summed E-state index contributed by atoms with van der Waals surface area (Å²) < 4.78 is 31.8. The van der Waals surface area contributed by atoms with Gasteiger partial charge >= 0.3 is 0 Å². The second-order valence-corrected chi connectivity index (χ2v) is 5.50. The van der Waals surface area contributed by atoms with Crippen molar-refractivity contribution in [3.63, 3.8) is 0 Å². The number of hydrogen-bond acceptors (Lipinski definition) is 3. The molecule has 128 valence electrons. The lowest BCUT2D eigenvalue weighted by Gasteiger charge is -2.14. The minimum atomic E-state index is -0.665. The molecular weight excluding hydrogens is 316 g/mol. The maximum atomic E-state index is 13.7. The first-order valence-electron chi connectivity index (χ1n) is 7.47.